The molecule has 2 aromatic carbocycles. The highest BCUT2D eigenvalue weighted by Crippen LogP contribution is 2.01. The molecule has 0 heterocycles. The van der Waals surface area contributed by atoms with Gasteiger partial charge in [-0.3, -0.25) is 0 Å². The van der Waals surface area contributed by atoms with E-state index in [9.17, 15) is 0 Å². The lowest BCUT2D eigenvalue weighted by atomic mass is 10.2. The van der Waals surface area contributed by atoms with Crippen LogP contribution >= 0.6 is 0 Å². The third kappa shape index (κ3) is 4.34. The second-order valence-corrected chi connectivity index (χ2v) is 3.61. The summed E-state index contributed by atoms with van der Waals surface area (Å²) in [6.45, 7) is 0. The lowest BCUT2D eigenvalue weighted by Crippen LogP contribution is -1.75. The lowest BCUT2D eigenvalue weighted by Gasteiger charge is -1.86. The summed E-state index contributed by atoms with van der Waals surface area (Å²) in [6, 6.07) is 20.9. The van der Waals surface area contributed by atoms with Gasteiger partial charge in [-0.05, 0) is 42.5 Å². The molecule has 0 amide bonds. The molecule has 0 aliphatic carbocycles. The standard InChI is InChI=1S/2C8H4N2/c9-5-7-1-2-8(6-10)4-3-7;9-5-7-2-1-3-8(4-7)6-10/h2*1-4H. The largest absolute Gasteiger partial charge is 0.192 e. The van der Waals surface area contributed by atoms with E-state index in [1.807, 2.05) is 24.3 Å². The minimum absolute atomic E-state index is 0.527. The van der Waals surface area contributed by atoms with E-state index in [1.165, 1.54) is 0 Å². The molecule has 20 heavy (non-hydrogen) atoms. The molecule has 0 N–H and O–H groups in total. The van der Waals surface area contributed by atoms with Crippen LogP contribution in [0.3, 0.4) is 0 Å². The van der Waals surface area contributed by atoms with Crippen LogP contribution in [0.25, 0.3) is 0 Å². The van der Waals surface area contributed by atoms with Crippen molar-refractivity contribution < 1.29 is 0 Å². The summed E-state index contributed by atoms with van der Waals surface area (Å²) in [5, 5.41) is 33.5. The summed E-state index contributed by atoms with van der Waals surface area (Å²) in [6.07, 6.45) is 0. The monoisotopic (exact) mass is 256 g/mol. The fourth-order valence-corrected chi connectivity index (χ4v) is 1.28. The summed E-state index contributed by atoms with van der Waals surface area (Å²) in [5.41, 5.74) is 2.22. The molecule has 0 spiro atoms. The molecular formula is C16H8N4. The molecule has 0 unspecified atom stereocenters. The predicted molar refractivity (Wildman–Crippen MR) is 71.7 cm³/mol. The van der Waals surface area contributed by atoms with Gasteiger partial charge in [0.1, 0.15) is 0 Å². The SMILES string of the molecule is N#Cc1ccc(C#N)cc1.N#Cc1cccc(C#N)c1. The topological polar surface area (TPSA) is 95.2 Å². The highest BCUT2D eigenvalue weighted by atomic mass is 14.3. The average molecular weight is 256 g/mol. The molecule has 0 saturated heterocycles. The molecule has 2 aromatic rings. The van der Waals surface area contributed by atoms with Gasteiger partial charge in [0.25, 0.3) is 0 Å². The Morgan fingerprint density at radius 3 is 1.15 bits per heavy atom. The summed E-state index contributed by atoms with van der Waals surface area (Å²) < 4.78 is 0. The first kappa shape index (κ1) is 14.5. The maximum Gasteiger partial charge on any atom is 0.0992 e. The second-order valence-electron chi connectivity index (χ2n) is 3.61. The highest BCUT2D eigenvalue weighted by molar-refractivity contribution is 5.38. The second kappa shape index (κ2) is 7.67. The van der Waals surface area contributed by atoms with E-state index in [1.54, 1.807) is 48.5 Å². The Kier molecular flexibility index (Phi) is 5.55. The summed E-state index contributed by atoms with van der Waals surface area (Å²) >= 11 is 0. The van der Waals surface area contributed by atoms with Gasteiger partial charge in [0.15, 0.2) is 0 Å². The van der Waals surface area contributed by atoms with Crippen LogP contribution in [0, 0.1) is 45.3 Å². The van der Waals surface area contributed by atoms with Crippen molar-refractivity contribution in [2.45, 2.75) is 0 Å². The first-order valence-electron chi connectivity index (χ1n) is 5.54. The highest BCUT2D eigenvalue weighted by Gasteiger charge is 1.90. The van der Waals surface area contributed by atoms with Crippen LogP contribution in [0.1, 0.15) is 22.3 Å². The van der Waals surface area contributed by atoms with Crippen molar-refractivity contribution in [2.75, 3.05) is 0 Å². The zero-order valence-electron chi connectivity index (χ0n) is 10.4. The van der Waals surface area contributed by atoms with Crippen LogP contribution in [0.15, 0.2) is 48.5 Å². The minimum Gasteiger partial charge on any atom is -0.192 e. The molecule has 0 aromatic heterocycles. The maximum absolute atomic E-state index is 8.40. The third-order valence-corrected chi connectivity index (χ3v) is 2.26. The number of hydrogen-bond acceptors (Lipinski definition) is 4. The number of nitrogens with zero attached hydrogens (tertiary/aromatic N) is 4. The van der Waals surface area contributed by atoms with Gasteiger partial charge in [0.05, 0.1) is 46.5 Å². The Balaban J connectivity index is 0.000000200. The molecule has 4 heteroatoms. The van der Waals surface area contributed by atoms with Crippen molar-refractivity contribution in [3.05, 3.63) is 70.8 Å². The summed E-state index contributed by atoms with van der Waals surface area (Å²) in [7, 11) is 0. The Labute approximate surface area is 117 Å². The van der Waals surface area contributed by atoms with E-state index >= 15 is 0 Å². The van der Waals surface area contributed by atoms with E-state index in [4.69, 9.17) is 21.0 Å². The van der Waals surface area contributed by atoms with Gasteiger partial charge in [-0.2, -0.15) is 21.0 Å². The van der Waals surface area contributed by atoms with Crippen molar-refractivity contribution in [2.24, 2.45) is 0 Å². The Hall–Kier alpha value is -3.60. The molecule has 0 fully saturated rings. The molecule has 0 aliphatic rings. The van der Waals surface area contributed by atoms with Crippen LogP contribution in [0.2, 0.25) is 0 Å². The summed E-state index contributed by atoms with van der Waals surface area (Å²) in [4.78, 5) is 0. The van der Waals surface area contributed by atoms with Crippen molar-refractivity contribution in [3.8, 4) is 24.3 Å². The molecule has 0 radical (unpaired) electrons. The first-order valence-corrected chi connectivity index (χ1v) is 5.54. The fourth-order valence-electron chi connectivity index (χ4n) is 1.28. The fraction of sp³-hybridized carbons (Fsp3) is 0. The van der Waals surface area contributed by atoms with E-state index in [0.717, 1.165) is 0 Å². The molecule has 0 aliphatic heterocycles. The zero-order chi connectivity index (χ0) is 14.8. The normalized spacial score (nSPS) is 7.80. The minimum atomic E-state index is 0.527. The number of hydrogen-bond donors (Lipinski definition) is 0. The Morgan fingerprint density at radius 2 is 0.850 bits per heavy atom. The molecule has 0 atom stereocenters. The molecule has 4 nitrogen and oxygen atoms in total. The van der Waals surface area contributed by atoms with Crippen molar-refractivity contribution >= 4 is 0 Å². The Morgan fingerprint density at radius 1 is 0.500 bits per heavy atom. The summed E-state index contributed by atoms with van der Waals surface area (Å²) in [5.74, 6) is 0. The average Bonchev–Trinajstić information content (AvgIpc) is 2.55. The van der Waals surface area contributed by atoms with Crippen LogP contribution in [0.5, 0.6) is 0 Å². The lowest BCUT2D eigenvalue weighted by molar-refractivity contribution is 1.45. The number of nitriles is 4. The molecular weight excluding hydrogens is 248 g/mol. The van der Waals surface area contributed by atoms with E-state index in [2.05, 4.69) is 0 Å². The van der Waals surface area contributed by atoms with Gasteiger partial charge in [-0.25, -0.2) is 0 Å². The molecule has 0 saturated carbocycles. The van der Waals surface area contributed by atoms with Gasteiger partial charge in [-0.1, -0.05) is 6.07 Å². The molecule has 2 rings (SSSR count). The van der Waals surface area contributed by atoms with E-state index < -0.39 is 0 Å². The van der Waals surface area contributed by atoms with Crippen molar-refractivity contribution in [3.63, 3.8) is 0 Å². The van der Waals surface area contributed by atoms with Gasteiger partial charge in [0.2, 0.25) is 0 Å². The molecule has 0 bridgehead atoms. The van der Waals surface area contributed by atoms with Crippen molar-refractivity contribution in [1.29, 1.82) is 21.0 Å². The third-order valence-electron chi connectivity index (χ3n) is 2.26. The van der Waals surface area contributed by atoms with Crippen LogP contribution in [0.4, 0.5) is 0 Å². The smallest absolute Gasteiger partial charge is 0.0992 e. The number of rotatable bonds is 0. The molecule has 92 valence electrons. The first-order chi connectivity index (χ1) is 9.73. The Bertz CT molecular complexity index is 685. The van der Waals surface area contributed by atoms with E-state index in [0.29, 0.717) is 22.3 Å². The van der Waals surface area contributed by atoms with Crippen LogP contribution in [-0.4, -0.2) is 0 Å². The maximum atomic E-state index is 8.40. The van der Waals surface area contributed by atoms with Crippen LogP contribution in [-0.2, 0) is 0 Å². The quantitative estimate of drug-likeness (QED) is 0.724. The number of benzene rings is 2. The van der Waals surface area contributed by atoms with Gasteiger partial charge in [-0.15, -0.1) is 0 Å². The van der Waals surface area contributed by atoms with Gasteiger partial charge < -0.3 is 0 Å². The van der Waals surface area contributed by atoms with Gasteiger partial charge in [0, 0.05) is 0 Å². The van der Waals surface area contributed by atoms with Gasteiger partial charge >= 0.3 is 0 Å². The zero-order valence-corrected chi connectivity index (χ0v) is 10.4. The predicted octanol–water partition coefficient (Wildman–Crippen LogP) is 2.86. The van der Waals surface area contributed by atoms with Crippen molar-refractivity contribution in [1.82, 2.24) is 0 Å². The van der Waals surface area contributed by atoms with E-state index in [-0.39, 0.29) is 0 Å². The van der Waals surface area contributed by atoms with Crippen LogP contribution < -0.4 is 0 Å².